The smallest absolute Gasteiger partial charge is 0.307 e. The van der Waals surface area contributed by atoms with Gasteiger partial charge in [-0.25, -0.2) is 0 Å². The highest BCUT2D eigenvalue weighted by Gasteiger charge is 2.21. The molecular weight excluding hydrogens is 310 g/mol. The zero-order chi connectivity index (χ0) is 17.4. The van der Waals surface area contributed by atoms with E-state index in [1.807, 2.05) is 0 Å². The van der Waals surface area contributed by atoms with E-state index in [1.165, 1.54) is 7.11 Å². The molecule has 1 aromatic carbocycles. The van der Waals surface area contributed by atoms with Crippen molar-refractivity contribution in [3.63, 3.8) is 0 Å². The first kappa shape index (κ1) is 17.6. The lowest BCUT2D eigenvalue weighted by atomic mass is 10.1. The fraction of sp³-hybridized carbons (Fsp3) is 0.333. The summed E-state index contributed by atoms with van der Waals surface area (Å²) >= 11 is 0. The van der Waals surface area contributed by atoms with Crippen LogP contribution < -0.4 is 4.74 Å². The number of furan rings is 1. The van der Waals surface area contributed by atoms with Gasteiger partial charge in [-0.05, 0) is 31.2 Å². The monoisotopic (exact) mass is 331 g/mol. The molecule has 0 aliphatic heterocycles. The topological polar surface area (TPSA) is 69.0 Å². The maximum absolute atomic E-state index is 12.9. The van der Waals surface area contributed by atoms with Crippen LogP contribution in [-0.2, 0) is 16.1 Å². The van der Waals surface area contributed by atoms with Crippen LogP contribution in [-0.4, -0.2) is 37.0 Å². The van der Waals surface area contributed by atoms with E-state index in [-0.39, 0.29) is 31.4 Å². The van der Waals surface area contributed by atoms with Crippen molar-refractivity contribution in [1.29, 1.82) is 0 Å². The summed E-state index contributed by atoms with van der Waals surface area (Å²) in [6.07, 6.45) is 1.67. The lowest BCUT2D eigenvalue weighted by Gasteiger charge is -2.22. The molecule has 0 bridgehead atoms. The molecule has 6 nitrogen and oxygen atoms in total. The van der Waals surface area contributed by atoms with Crippen LogP contribution in [0, 0.1) is 0 Å². The van der Waals surface area contributed by atoms with E-state index < -0.39 is 0 Å². The molecular formula is C18H21NO5. The van der Waals surface area contributed by atoms with E-state index in [0.717, 1.165) is 0 Å². The van der Waals surface area contributed by atoms with Crippen LogP contribution in [0.4, 0.5) is 0 Å². The summed E-state index contributed by atoms with van der Waals surface area (Å²) in [7, 11) is 1.52. The summed E-state index contributed by atoms with van der Waals surface area (Å²) in [5.41, 5.74) is 0.440. The van der Waals surface area contributed by atoms with Crippen molar-refractivity contribution in [2.75, 3.05) is 20.3 Å². The second kappa shape index (κ2) is 8.76. The minimum Gasteiger partial charge on any atom is -0.496 e. The summed E-state index contributed by atoms with van der Waals surface area (Å²) in [4.78, 5) is 26.0. The molecule has 2 aromatic rings. The Morgan fingerprint density at radius 1 is 1.17 bits per heavy atom. The average molecular weight is 331 g/mol. The van der Waals surface area contributed by atoms with Crippen LogP contribution in [0.3, 0.4) is 0 Å². The first-order valence-corrected chi connectivity index (χ1v) is 7.76. The third-order valence-electron chi connectivity index (χ3n) is 3.44. The van der Waals surface area contributed by atoms with Gasteiger partial charge in [-0.1, -0.05) is 12.1 Å². The Kier molecular flexibility index (Phi) is 6.42. The summed E-state index contributed by atoms with van der Waals surface area (Å²) in [6.45, 7) is 2.57. The van der Waals surface area contributed by atoms with Crippen molar-refractivity contribution < 1.29 is 23.5 Å². The number of esters is 1. The van der Waals surface area contributed by atoms with Gasteiger partial charge in [0.15, 0.2) is 0 Å². The Morgan fingerprint density at radius 2 is 1.96 bits per heavy atom. The van der Waals surface area contributed by atoms with Gasteiger partial charge in [0.1, 0.15) is 11.5 Å². The summed E-state index contributed by atoms with van der Waals surface area (Å²) in [5, 5.41) is 0. The maximum atomic E-state index is 12.9. The van der Waals surface area contributed by atoms with Crippen molar-refractivity contribution in [2.24, 2.45) is 0 Å². The number of carbonyl (C=O) groups excluding carboxylic acids is 2. The molecule has 0 saturated heterocycles. The third kappa shape index (κ3) is 4.62. The quantitative estimate of drug-likeness (QED) is 0.696. The fourth-order valence-corrected chi connectivity index (χ4v) is 2.29. The van der Waals surface area contributed by atoms with Crippen LogP contribution in [0.5, 0.6) is 5.75 Å². The normalized spacial score (nSPS) is 10.2. The number of benzene rings is 1. The number of hydrogen-bond acceptors (Lipinski definition) is 5. The summed E-state index contributed by atoms with van der Waals surface area (Å²) < 4.78 is 15.5. The minimum atomic E-state index is -0.338. The highest BCUT2D eigenvalue weighted by atomic mass is 16.5. The second-order valence-electron chi connectivity index (χ2n) is 5.06. The van der Waals surface area contributed by atoms with Gasteiger partial charge in [0.05, 0.1) is 38.5 Å². The molecule has 6 heteroatoms. The Labute approximate surface area is 141 Å². The van der Waals surface area contributed by atoms with E-state index in [4.69, 9.17) is 13.9 Å². The number of amides is 1. The average Bonchev–Trinajstić information content (AvgIpc) is 3.11. The highest BCUT2D eigenvalue weighted by Crippen LogP contribution is 2.20. The molecule has 0 N–H and O–H groups in total. The first-order valence-electron chi connectivity index (χ1n) is 7.76. The maximum Gasteiger partial charge on any atom is 0.307 e. The van der Waals surface area contributed by atoms with Crippen molar-refractivity contribution >= 4 is 11.9 Å². The van der Waals surface area contributed by atoms with Gasteiger partial charge < -0.3 is 18.8 Å². The number of para-hydroxylation sites is 1. The van der Waals surface area contributed by atoms with Crippen LogP contribution in [0.2, 0.25) is 0 Å². The highest BCUT2D eigenvalue weighted by molar-refractivity contribution is 5.97. The van der Waals surface area contributed by atoms with E-state index in [0.29, 0.717) is 23.7 Å². The van der Waals surface area contributed by atoms with Crippen LogP contribution in [0.15, 0.2) is 47.1 Å². The van der Waals surface area contributed by atoms with E-state index in [2.05, 4.69) is 0 Å². The standard InChI is InChI=1S/C18H21NO5/c1-3-23-17(20)10-11-19(13-14-7-6-12-24-14)18(21)15-8-4-5-9-16(15)22-2/h4-9,12H,3,10-11,13H2,1-2H3. The molecule has 0 unspecified atom stereocenters. The zero-order valence-electron chi connectivity index (χ0n) is 13.9. The number of rotatable bonds is 8. The van der Waals surface area contributed by atoms with Gasteiger partial charge in [0.25, 0.3) is 5.91 Å². The van der Waals surface area contributed by atoms with Crippen LogP contribution >= 0.6 is 0 Å². The number of hydrogen-bond donors (Lipinski definition) is 0. The van der Waals surface area contributed by atoms with Crippen molar-refractivity contribution in [1.82, 2.24) is 4.90 Å². The van der Waals surface area contributed by atoms with E-state index >= 15 is 0 Å². The zero-order valence-corrected chi connectivity index (χ0v) is 13.9. The van der Waals surface area contributed by atoms with Crippen molar-refractivity contribution in [3.05, 3.63) is 54.0 Å². The number of methoxy groups -OCH3 is 1. The Bertz CT molecular complexity index is 666. The SMILES string of the molecule is CCOC(=O)CCN(Cc1ccco1)C(=O)c1ccccc1OC. The van der Waals surface area contributed by atoms with E-state index in [1.54, 1.807) is 54.5 Å². The van der Waals surface area contributed by atoms with E-state index in [9.17, 15) is 9.59 Å². The lowest BCUT2D eigenvalue weighted by molar-refractivity contribution is -0.143. The van der Waals surface area contributed by atoms with Gasteiger partial charge in [0, 0.05) is 6.54 Å². The van der Waals surface area contributed by atoms with Gasteiger partial charge in [-0.3, -0.25) is 9.59 Å². The molecule has 0 atom stereocenters. The van der Waals surface area contributed by atoms with Gasteiger partial charge in [-0.15, -0.1) is 0 Å². The Balaban J connectivity index is 2.17. The molecule has 0 radical (unpaired) electrons. The molecule has 128 valence electrons. The van der Waals surface area contributed by atoms with Crippen molar-refractivity contribution in [3.8, 4) is 5.75 Å². The number of carbonyl (C=O) groups is 2. The largest absolute Gasteiger partial charge is 0.496 e. The minimum absolute atomic E-state index is 0.120. The molecule has 0 spiro atoms. The van der Waals surface area contributed by atoms with Gasteiger partial charge in [0.2, 0.25) is 0 Å². The lowest BCUT2D eigenvalue weighted by Crippen LogP contribution is -2.33. The molecule has 0 aliphatic rings. The summed E-state index contributed by atoms with van der Waals surface area (Å²) in [5.74, 6) is 0.563. The predicted molar refractivity (Wildman–Crippen MR) is 87.7 cm³/mol. The third-order valence-corrected chi connectivity index (χ3v) is 3.44. The van der Waals surface area contributed by atoms with Gasteiger partial charge >= 0.3 is 5.97 Å². The Hall–Kier alpha value is -2.76. The molecule has 2 rings (SSSR count). The van der Waals surface area contributed by atoms with Crippen LogP contribution in [0.1, 0.15) is 29.5 Å². The molecule has 24 heavy (non-hydrogen) atoms. The number of nitrogens with zero attached hydrogens (tertiary/aromatic N) is 1. The fourth-order valence-electron chi connectivity index (χ4n) is 2.29. The summed E-state index contributed by atoms with van der Waals surface area (Å²) in [6, 6.07) is 10.5. The molecule has 0 aliphatic carbocycles. The molecule has 1 amide bonds. The predicted octanol–water partition coefficient (Wildman–Crippen LogP) is 2.88. The molecule has 1 heterocycles. The molecule has 0 fully saturated rings. The van der Waals surface area contributed by atoms with Crippen molar-refractivity contribution in [2.45, 2.75) is 19.9 Å². The molecule has 0 saturated carbocycles. The molecule has 1 aromatic heterocycles. The Morgan fingerprint density at radius 3 is 2.62 bits per heavy atom. The number of ether oxygens (including phenoxy) is 2. The van der Waals surface area contributed by atoms with Gasteiger partial charge in [-0.2, -0.15) is 0 Å². The van der Waals surface area contributed by atoms with Crippen LogP contribution in [0.25, 0.3) is 0 Å². The first-order chi connectivity index (χ1) is 11.7. The second-order valence-corrected chi connectivity index (χ2v) is 5.06.